The zero-order chi connectivity index (χ0) is 7.84. The first-order chi connectivity index (χ1) is 5.25. The molecule has 1 aromatic carbocycles. The molecule has 0 unspecified atom stereocenters. The highest BCUT2D eigenvalue weighted by molar-refractivity contribution is 5.85. The van der Waals surface area contributed by atoms with Crippen molar-refractivity contribution >= 4 is 29.1 Å². The molecule has 0 aliphatic carbocycles. The quantitative estimate of drug-likeness (QED) is 0.533. The van der Waals surface area contributed by atoms with Crippen LogP contribution in [0.15, 0.2) is 23.0 Å². The van der Waals surface area contributed by atoms with Crippen LogP contribution in [0.2, 0.25) is 0 Å². The van der Waals surface area contributed by atoms with Crippen LogP contribution in [0.5, 0.6) is 0 Å². The van der Waals surface area contributed by atoms with E-state index in [1.165, 1.54) is 0 Å². The van der Waals surface area contributed by atoms with Crippen molar-refractivity contribution in [3.8, 4) is 0 Å². The van der Waals surface area contributed by atoms with Gasteiger partial charge >= 0.3 is 5.69 Å². The van der Waals surface area contributed by atoms with Gasteiger partial charge in [-0.2, -0.15) is 0 Å². The second kappa shape index (κ2) is 2.91. The fourth-order valence-corrected chi connectivity index (χ4v) is 1.05. The zero-order valence-corrected chi connectivity index (χ0v) is 6.94. The lowest BCUT2D eigenvalue weighted by Crippen LogP contribution is -1.99. The van der Waals surface area contributed by atoms with Crippen molar-refractivity contribution in [3.63, 3.8) is 0 Å². The fraction of sp³-hybridized carbons (Fsp3) is 0. The summed E-state index contributed by atoms with van der Waals surface area (Å²) in [6.45, 7) is 0. The molecule has 0 fully saturated rings. The van der Waals surface area contributed by atoms with Crippen LogP contribution in [-0.2, 0) is 0 Å². The Morgan fingerprint density at radius 2 is 1.83 bits per heavy atom. The van der Waals surface area contributed by atoms with Gasteiger partial charge in [-0.05, 0) is 18.2 Å². The number of nitrogens with one attached hydrogen (secondary N) is 2. The summed E-state index contributed by atoms with van der Waals surface area (Å²) in [5, 5.41) is 0. The van der Waals surface area contributed by atoms with Gasteiger partial charge in [0.25, 0.3) is 0 Å². The predicted octanol–water partition coefficient (Wildman–Crippen LogP) is 0.860. The summed E-state index contributed by atoms with van der Waals surface area (Å²) in [5.74, 6) is 0. The van der Waals surface area contributed by atoms with E-state index in [2.05, 4.69) is 9.97 Å². The van der Waals surface area contributed by atoms with Crippen LogP contribution in [0, 0.1) is 0 Å². The smallest absolute Gasteiger partial charge is 0.323 e. The number of imidazole rings is 1. The maximum atomic E-state index is 10.7. The molecule has 1 aromatic heterocycles. The molecule has 0 saturated heterocycles. The van der Waals surface area contributed by atoms with Crippen molar-refractivity contribution < 1.29 is 0 Å². The van der Waals surface area contributed by atoms with Crippen LogP contribution < -0.4 is 11.4 Å². The maximum Gasteiger partial charge on any atom is 0.323 e. The highest BCUT2D eigenvalue weighted by Gasteiger charge is 1.95. The largest absolute Gasteiger partial charge is 0.399 e. The monoisotopic (exact) mass is 185 g/mol. The van der Waals surface area contributed by atoms with Gasteiger partial charge in [0.05, 0.1) is 11.0 Å². The molecule has 1 heterocycles. The fourth-order valence-electron chi connectivity index (χ4n) is 1.05. The maximum absolute atomic E-state index is 10.7. The second-order valence-electron chi connectivity index (χ2n) is 2.38. The third-order valence-electron chi connectivity index (χ3n) is 1.54. The Balaban J connectivity index is 0.000000720. The van der Waals surface area contributed by atoms with Gasteiger partial charge in [-0.25, -0.2) is 4.79 Å². The summed E-state index contributed by atoms with van der Waals surface area (Å²) >= 11 is 0. The Morgan fingerprint density at radius 1 is 1.17 bits per heavy atom. The number of halogens is 1. The van der Waals surface area contributed by atoms with Crippen LogP contribution in [-0.4, -0.2) is 9.97 Å². The molecule has 0 spiro atoms. The number of aromatic nitrogens is 2. The molecule has 0 aliphatic rings. The van der Waals surface area contributed by atoms with Gasteiger partial charge in [-0.1, -0.05) is 0 Å². The molecule has 0 atom stereocenters. The van der Waals surface area contributed by atoms with E-state index in [1.807, 2.05) is 0 Å². The Labute approximate surface area is 74.2 Å². The minimum absolute atomic E-state index is 0. The van der Waals surface area contributed by atoms with Crippen molar-refractivity contribution in [1.29, 1.82) is 0 Å². The van der Waals surface area contributed by atoms with Crippen molar-refractivity contribution in [3.05, 3.63) is 28.7 Å². The average Bonchev–Trinajstić information content (AvgIpc) is 2.27. The van der Waals surface area contributed by atoms with Gasteiger partial charge in [-0.15, -0.1) is 12.4 Å². The summed E-state index contributed by atoms with van der Waals surface area (Å²) in [4.78, 5) is 16.0. The Morgan fingerprint density at radius 3 is 2.58 bits per heavy atom. The lowest BCUT2D eigenvalue weighted by Gasteiger charge is -1.89. The van der Waals surface area contributed by atoms with Gasteiger partial charge in [0.1, 0.15) is 0 Å². The summed E-state index contributed by atoms with van der Waals surface area (Å²) in [6.07, 6.45) is 0. The van der Waals surface area contributed by atoms with Gasteiger partial charge in [0, 0.05) is 5.69 Å². The molecule has 2 aromatic rings. The van der Waals surface area contributed by atoms with E-state index in [-0.39, 0.29) is 18.1 Å². The van der Waals surface area contributed by atoms with E-state index in [0.29, 0.717) is 5.69 Å². The standard InChI is InChI=1S/C7H7N3O.ClH/c8-4-1-2-5-6(3-4)10-7(11)9-5;/h1-3H,8H2,(H2,9,10,11);1H. The summed E-state index contributed by atoms with van der Waals surface area (Å²) in [5.41, 5.74) is 7.47. The first kappa shape index (κ1) is 8.67. The first-order valence-electron chi connectivity index (χ1n) is 3.23. The van der Waals surface area contributed by atoms with Gasteiger partial charge in [-0.3, -0.25) is 0 Å². The lowest BCUT2D eigenvalue weighted by molar-refractivity contribution is 1.22. The number of hydrogen-bond acceptors (Lipinski definition) is 2. The van der Waals surface area contributed by atoms with Crippen molar-refractivity contribution in [2.75, 3.05) is 5.73 Å². The number of hydrogen-bond donors (Lipinski definition) is 3. The number of rotatable bonds is 0. The van der Waals surface area contributed by atoms with Crippen LogP contribution in [0.4, 0.5) is 5.69 Å². The number of nitrogen functional groups attached to an aromatic ring is 1. The summed E-state index contributed by atoms with van der Waals surface area (Å²) < 4.78 is 0. The Kier molecular flexibility index (Phi) is 2.10. The average molecular weight is 186 g/mol. The second-order valence-corrected chi connectivity index (χ2v) is 2.38. The molecular formula is C7H8ClN3O. The molecule has 4 N–H and O–H groups in total. The first-order valence-corrected chi connectivity index (χ1v) is 3.23. The molecule has 0 bridgehead atoms. The molecule has 0 radical (unpaired) electrons. The van der Waals surface area contributed by atoms with E-state index < -0.39 is 0 Å². The predicted molar refractivity (Wildman–Crippen MR) is 50.6 cm³/mol. The van der Waals surface area contributed by atoms with E-state index in [1.54, 1.807) is 18.2 Å². The molecule has 0 amide bonds. The minimum atomic E-state index is -0.203. The molecule has 12 heavy (non-hydrogen) atoms. The molecule has 5 heteroatoms. The SMILES string of the molecule is Cl.Nc1ccc2[nH]c(=O)[nH]c2c1. The molecular weight excluding hydrogens is 178 g/mol. The number of aromatic amines is 2. The molecule has 4 nitrogen and oxygen atoms in total. The summed E-state index contributed by atoms with van der Waals surface area (Å²) in [7, 11) is 0. The summed E-state index contributed by atoms with van der Waals surface area (Å²) in [6, 6.07) is 5.22. The van der Waals surface area contributed by atoms with Crippen molar-refractivity contribution in [1.82, 2.24) is 9.97 Å². The number of H-pyrrole nitrogens is 2. The molecule has 0 aliphatic heterocycles. The number of anilines is 1. The van der Waals surface area contributed by atoms with Crippen molar-refractivity contribution in [2.45, 2.75) is 0 Å². The highest BCUT2D eigenvalue weighted by Crippen LogP contribution is 2.10. The number of benzene rings is 1. The minimum Gasteiger partial charge on any atom is -0.399 e. The Hall–Kier alpha value is -1.42. The topological polar surface area (TPSA) is 74.7 Å². The van der Waals surface area contributed by atoms with Crippen LogP contribution in [0.1, 0.15) is 0 Å². The lowest BCUT2D eigenvalue weighted by atomic mass is 10.3. The van der Waals surface area contributed by atoms with Crippen LogP contribution in [0.3, 0.4) is 0 Å². The normalized spacial score (nSPS) is 9.67. The Bertz CT molecular complexity index is 445. The third-order valence-corrected chi connectivity index (χ3v) is 1.54. The van der Waals surface area contributed by atoms with E-state index >= 15 is 0 Å². The van der Waals surface area contributed by atoms with E-state index in [0.717, 1.165) is 11.0 Å². The van der Waals surface area contributed by atoms with E-state index in [9.17, 15) is 4.79 Å². The third kappa shape index (κ3) is 1.29. The number of nitrogens with two attached hydrogens (primary N) is 1. The molecule has 2 rings (SSSR count). The highest BCUT2D eigenvalue weighted by atomic mass is 35.5. The molecule has 64 valence electrons. The van der Waals surface area contributed by atoms with Crippen LogP contribution in [0.25, 0.3) is 11.0 Å². The molecule has 0 saturated carbocycles. The van der Waals surface area contributed by atoms with Crippen molar-refractivity contribution in [2.24, 2.45) is 0 Å². The van der Waals surface area contributed by atoms with Gasteiger partial charge < -0.3 is 15.7 Å². The zero-order valence-electron chi connectivity index (χ0n) is 6.13. The van der Waals surface area contributed by atoms with Gasteiger partial charge in [0.15, 0.2) is 0 Å². The van der Waals surface area contributed by atoms with Gasteiger partial charge in [0.2, 0.25) is 0 Å². The van der Waals surface area contributed by atoms with Crippen LogP contribution >= 0.6 is 12.4 Å². The van der Waals surface area contributed by atoms with E-state index in [4.69, 9.17) is 5.73 Å². The number of fused-ring (bicyclic) bond motifs is 1.